The number of aromatic nitrogens is 1. The number of nitrogens with zero attached hydrogens (tertiary/aromatic N) is 1. The second-order valence-corrected chi connectivity index (χ2v) is 4.74. The molecule has 2 aromatic rings. The Balaban J connectivity index is 2.20. The van der Waals surface area contributed by atoms with Crippen LogP contribution in [0, 0.1) is 0 Å². The Bertz CT molecular complexity index is 612. The van der Waals surface area contributed by atoms with E-state index in [0.29, 0.717) is 28.0 Å². The maximum Gasteiger partial charge on any atom is 0.187 e. The van der Waals surface area contributed by atoms with Crippen molar-refractivity contribution in [2.45, 2.75) is 6.42 Å². The molecule has 1 aromatic carbocycles. The summed E-state index contributed by atoms with van der Waals surface area (Å²) in [4.78, 5) is 14.7. The molecule has 106 valence electrons. The minimum atomic E-state index is -1.15. The molecule has 0 fully saturated rings. The number of methoxy groups -OCH3 is 2. The Morgan fingerprint density at radius 2 is 2.20 bits per heavy atom. The highest BCUT2D eigenvalue weighted by molar-refractivity contribution is 7.13. The van der Waals surface area contributed by atoms with Gasteiger partial charge in [0.25, 0.3) is 0 Å². The third-order valence-corrected chi connectivity index (χ3v) is 3.33. The van der Waals surface area contributed by atoms with Crippen molar-refractivity contribution in [3.05, 3.63) is 29.3 Å². The summed E-state index contributed by atoms with van der Waals surface area (Å²) in [6.45, 7) is 0. The van der Waals surface area contributed by atoms with Crippen LogP contribution in [0.4, 0.5) is 10.8 Å². The molecule has 0 aliphatic heterocycles. The number of carbonyl (C=O) groups excluding carboxylic acids is 1. The molecule has 0 unspecified atom stereocenters. The lowest BCUT2D eigenvalue weighted by Gasteiger charge is -2.10. The zero-order chi connectivity index (χ0) is 14.5. The van der Waals surface area contributed by atoms with Crippen molar-refractivity contribution < 1.29 is 19.4 Å². The molecule has 2 rings (SSSR count). The molecule has 6 nitrogen and oxygen atoms in total. The molecule has 1 N–H and O–H groups in total. The zero-order valence-corrected chi connectivity index (χ0v) is 11.8. The fourth-order valence-corrected chi connectivity index (χ4v) is 2.34. The second kappa shape index (κ2) is 6.25. The van der Waals surface area contributed by atoms with Gasteiger partial charge in [0, 0.05) is 23.8 Å². The molecule has 0 amide bonds. The predicted molar refractivity (Wildman–Crippen MR) is 73.7 cm³/mol. The van der Waals surface area contributed by atoms with Gasteiger partial charge < -0.3 is 24.7 Å². The fourth-order valence-electron chi connectivity index (χ4n) is 1.62. The van der Waals surface area contributed by atoms with Crippen LogP contribution < -0.4 is 19.9 Å². The van der Waals surface area contributed by atoms with Crippen molar-refractivity contribution in [3.63, 3.8) is 0 Å². The maximum atomic E-state index is 10.5. The number of thiazole rings is 1. The smallest absolute Gasteiger partial charge is 0.187 e. The van der Waals surface area contributed by atoms with Crippen LogP contribution in [0.5, 0.6) is 11.5 Å². The quantitative estimate of drug-likeness (QED) is 0.861. The molecule has 0 spiro atoms. The second-order valence-electron chi connectivity index (χ2n) is 3.88. The Morgan fingerprint density at radius 3 is 2.85 bits per heavy atom. The molecule has 0 radical (unpaired) electrons. The third kappa shape index (κ3) is 3.39. The number of rotatable bonds is 6. The van der Waals surface area contributed by atoms with Crippen molar-refractivity contribution >= 4 is 28.1 Å². The minimum Gasteiger partial charge on any atom is -0.550 e. The molecule has 1 aromatic heterocycles. The van der Waals surface area contributed by atoms with Crippen molar-refractivity contribution in [2.24, 2.45) is 0 Å². The molecule has 0 aliphatic carbocycles. The number of hydrogen-bond donors (Lipinski definition) is 1. The van der Waals surface area contributed by atoms with Gasteiger partial charge >= 0.3 is 0 Å². The van der Waals surface area contributed by atoms with Gasteiger partial charge in [0.1, 0.15) is 11.5 Å². The summed E-state index contributed by atoms with van der Waals surface area (Å²) in [5.74, 6) is 0.170. The lowest BCUT2D eigenvalue weighted by molar-refractivity contribution is -0.304. The average Bonchev–Trinajstić information content (AvgIpc) is 2.85. The van der Waals surface area contributed by atoms with E-state index in [1.54, 1.807) is 37.8 Å². The predicted octanol–water partition coefficient (Wildman–Crippen LogP) is 1.20. The first-order valence-electron chi connectivity index (χ1n) is 5.75. The van der Waals surface area contributed by atoms with Crippen molar-refractivity contribution in [1.29, 1.82) is 0 Å². The fraction of sp³-hybridized carbons (Fsp3) is 0.231. The molecule has 7 heteroatoms. The summed E-state index contributed by atoms with van der Waals surface area (Å²) in [5, 5.41) is 15.8. The van der Waals surface area contributed by atoms with Crippen LogP contribution in [-0.4, -0.2) is 25.2 Å². The van der Waals surface area contributed by atoms with Gasteiger partial charge in [-0.2, -0.15) is 0 Å². The zero-order valence-electron chi connectivity index (χ0n) is 11.0. The van der Waals surface area contributed by atoms with Crippen molar-refractivity contribution in [3.8, 4) is 11.5 Å². The number of aliphatic carboxylic acids is 1. The third-order valence-electron chi connectivity index (χ3n) is 2.53. The summed E-state index contributed by atoms with van der Waals surface area (Å²) in [6.07, 6.45) is -0.201. The molecule has 0 saturated carbocycles. The van der Waals surface area contributed by atoms with Gasteiger partial charge in [0.05, 0.1) is 25.6 Å². The number of nitrogens with one attached hydrogen (secondary N) is 1. The topological polar surface area (TPSA) is 83.5 Å². The van der Waals surface area contributed by atoms with Crippen LogP contribution in [0.15, 0.2) is 23.6 Å². The van der Waals surface area contributed by atoms with Crippen LogP contribution in [0.2, 0.25) is 0 Å². The Morgan fingerprint density at radius 1 is 1.40 bits per heavy atom. The van der Waals surface area contributed by atoms with E-state index in [4.69, 9.17) is 9.47 Å². The summed E-state index contributed by atoms with van der Waals surface area (Å²) in [6, 6.07) is 5.34. The van der Waals surface area contributed by atoms with Crippen LogP contribution in [0.25, 0.3) is 0 Å². The van der Waals surface area contributed by atoms with Crippen molar-refractivity contribution in [1.82, 2.24) is 4.98 Å². The standard InChI is InChI=1S/C13H14N2O4S/c1-18-9-3-4-11(19-2)10(6-9)15-13-14-8(7-20-13)5-12(16)17/h3-4,6-7H,5H2,1-2H3,(H,14,15)(H,16,17)/p-1. The Kier molecular flexibility index (Phi) is 4.41. The normalized spacial score (nSPS) is 10.1. The van der Waals surface area contributed by atoms with E-state index in [1.807, 2.05) is 0 Å². The van der Waals surface area contributed by atoms with E-state index in [2.05, 4.69) is 10.3 Å². The molecular formula is C13H13N2O4S-. The van der Waals surface area contributed by atoms with E-state index < -0.39 is 5.97 Å². The Labute approximate surface area is 120 Å². The highest BCUT2D eigenvalue weighted by Gasteiger charge is 2.08. The van der Waals surface area contributed by atoms with Gasteiger partial charge in [0.15, 0.2) is 5.13 Å². The van der Waals surface area contributed by atoms with Gasteiger partial charge in [-0.1, -0.05) is 0 Å². The van der Waals surface area contributed by atoms with E-state index in [1.165, 1.54) is 11.3 Å². The Hall–Kier alpha value is -2.28. The van der Waals surface area contributed by atoms with Crippen LogP contribution in [0.3, 0.4) is 0 Å². The number of ether oxygens (including phenoxy) is 2. The summed E-state index contributed by atoms with van der Waals surface area (Å²) in [7, 11) is 3.14. The van der Waals surface area contributed by atoms with E-state index in [-0.39, 0.29) is 6.42 Å². The van der Waals surface area contributed by atoms with Crippen LogP contribution >= 0.6 is 11.3 Å². The van der Waals surface area contributed by atoms with Gasteiger partial charge in [-0.15, -0.1) is 11.3 Å². The highest BCUT2D eigenvalue weighted by Crippen LogP contribution is 2.32. The number of carbonyl (C=O) groups is 1. The number of benzene rings is 1. The monoisotopic (exact) mass is 293 g/mol. The van der Waals surface area contributed by atoms with Gasteiger partial charge in [0.2, 0.25) is 0 Å². The lowest BCUT2D eigenvalue weighted by Crippen LogP contribution is -2.24. The molecule has 20 heavy (non-hydrogen) atoms. The molecule has 0 aliphatic rings. The number of hydrogen-bond acceptors (Lipinski definition) is 7. The summed E-state index contributed by atoms with van der Waals surface area (Å²) < 4.78 is 10.4. The van der Waals surface area contributed by atoms with E-state index in [9.17, 15) is 9.90 Å². The average molecular weight is 293 g/mol. The summed E-state index contributed by atoms with van der Waals surface area (Å²) >= 11 is 1.31. The summed E-state index contributed by atoms with van der Waals surface area (Å²) in [5.41, 5.74) is 1.15. The van der Waals surface area contributed by atoms with Gasteiger partial charge in [-0.3, -0.25) is 0 Å². The number of carboxylic acids is 1. The first-order chi connectivity index (χ1) is 9.62. The van der Waals surface area contributed by atoms with Crippen LogP contribution in [-0.2, 0) is 11.2 Å². The number of carboxylic acid groups (broad SMARTS) is 1. The first-order valence-corrected chi connectivity index (χ1v) is 6.63. The minimum absolute atomic E-state index is 0.201. The van der Waals surface area contributed by atoms with E-state index in [0.717, 1.165) is 0 Å². The van der Waals surface area contributed by atoms with Crippen LogP contribution in [0.1, 0.15) is 5.69 Å². The lowest BCUT2D eigenvalue weighted by atomic mass is 10.2. The van der Waals surface area contributed by atoms with Crippen molar-refractivity contribution in [2.75, 3.05) is 19.5 Å². The molecule has 0 saturated heterocycles. The molecule has 0 atom stereocenters. The van der Waals surface area contributed by atoms with Gasteiger partial charge in [-0.05, 0) is 12.1 Å². The SMILES string of the molecule is COc1ccc(OC)c(Nc2nc(CC(=O)[O-])cs2)c1. The molecule has 0 bridgehead atoms. The van der Waals surface area contributed by atoms with E-state index >= 15 is 0 Å². The van der Waals surface area contributed by atoms with Gasteiger partial charge in [-0.25, -0.2) is 4.98 Å². The maximum absolute atomic E-state index is 10.5. The highest BCUT2D eigenvalue weighted by atomic mass is 32.1. The molecule has 1 heterocycles. The molecular weight excluding hydrogens is 280 g/mol. The number of anilines is 2. The largest absolute Gasteiger partial charge is 0.550 e. The first kappa shape index (κ1) is 14.1.